The summed E-state index contributed by atoms with van der Waals surface area (Å²) >= 11 is 1.81. The maximum Gasteiger partial charge on any atom is 0.151 e. The number of rotatable bonds is 3. The first-order valence-corrected chi connectivity index (χ1v) is 12.1. The second kappa shape index (κ2) is 8.28. The summed E-state index contributed by atoms with van der Waals surface area (Å²) in [5.41, 5.74) is 6.26. The number of ether oxygens (including phenoxy) is 1. The highest BCUT2D eigenvalue weighted by Crippen LogP contribution is 2.36. The highest BCUT2D eigenvalue weighted by atomic mass is 32.1. The fourth-order valence-electron chi connectivity index (χ4n) is 4.93. The van der Waals surface area contributed by atoms with Crippen LogP contribution in [-0.4, -0.2) is 55.0 Å². The molecule has 1 fully saturated rings. The van der Waals surface area contributed by atoms with Gasteiger partial charge < -0.3 is 14.5 Å². The maximum absolute atomic E-state index is 5.44. The van der Waals surface area contributed by atoms with Crippen LogP contribution >= 0.6 is 11.3 Å². The molecule has 1 unspecified atom stereocenters. The van der Waals surface area contributed by atoms with Gasteiger partial charge in [0.2, 0.25) is 0 Å². The van der Waals surface area contributed by atoms with E-state index in [1.54, 1.807) is 11.3 Å². The molecule has 2 aliphatic rings. The van der Waals surface area contributed by atoms with E-state index in [1.165, 1.54) is 26.8 Å². The highest BCUT2D eigenvalue weighted by Gasteiger charge is 2.25. The van der Waals surface area contributed by atoms with E-state index in [1.807, 2.05) is 0 Å². The molecule has 0 radical (unpaired) electrons. The number of thiophene rings is 1. The average Bonchev–Trinajstić information content (AvgIpc) is 3.32. The van der Waals surface area contributed by atoms with E-state index < -0.39 is 0 Å². The molecule has 2 aromatic carbocycles. The van der Waals surface area contributed by atoms with Gasteiger partial charge in [0.1, 0.15) is 0 Å². The Morgan fingerprint density at radius 2 is 1.88 bits per heavy atom. The topological polar surface area (TPSA) is 41.5 Å². The number of anilines is 1. The molecule has 0 bridgehead atoms. The van der Waals surface area contributed by atoms with Crippen LogP contribution in [0.4, 0.5) is 5.82 Å². The molecule has 0 spiro atoms. The fourth-order valence-corrected chi connectivity index (χ4v) is 5.71. The molecule has 2 aromatic heterocycles. The number of fused-ring (bicyclic) bond motifs is 2. The lowest BCUT2D eigenvalue weighted by Gasteiger charge is -2.33. The first-order valence-electron chi connectivity index (χ1n) is 11.2. The van der Waals surface area contributed by atoms with E-state index in [4.69, 9.17) is 4.74 Å². The average molecular weight is 443 g/mol. The molecule has 0 saturated carbocycles. The van der Waals surface area contributed by atoms with Crippen LogP contribution in [0.3, 0.4) is 0 Å². The van der Waals surface area contributed by atoms with E-state index in [0.29, 0.717) is 5.92 Å². The predicted octanol–water partition coefficient (Wildman–Crippen LogP) is 4.77. The lowest BCUT2D eigenvalue weighted by molar-refractivity contribution is 0.122. The molecule has 2 aliphatic heterocycles. The minimum Gasteiger partial charge on any atom is -0.378 e. The smallest absolute Gasteiger partial charge is 0.151 e. The Labute approximate surface area is 192 Å². The van der Waals surface area contributed by atoms with Crippen LogP contribution in [0, 0.1) is 0 Å². The summed E-state index contributed by atoms with van der Waals surface area (Å²) in [7, 11) is 2.21. The number of morpholine rings is 1. The predicted molar refractivity (Wildman–Crippen MR) is 131 cm³/mol. The molecule has 0 aliphatic carbocycles. The van der Waals surface area contributed by atoms with Gasteiger partial charge in [-0.2, -0.15) is 0 Å². The van der Waals surface area contributed by atoms with E-state index in [-0.39, 0.29) is 0 Å². The Kier molecular flexibility index (Phi) is 5.14. The minimum absolute atomic E-state index is 0.386. The first kappa shape index (κ1) is 19.9. The summed E-state index contributed by atoms with van der Waals surface area (Å²) in [4.78, 5) is 4.65. The first-order chi connectivity index (χ1) is 15.7. The minimum atomic E-state index is 0.386. The standard InChI is InChI=1S/C26H26N4OS/c1-29-16-21-15-19(24-5-7-26(28-27-24)30-9-11-31-12-10-30)2-4-22(21)23(17-29)18-3-6-25-20(14-18)8-13-32-25/h2-8,13-15,23H,9-12,16-17H2,1H3. The van der Waals surface area contributed by atoms with Crippen molar-refractivity contribution >= 4 is 27.2 Å². The highest BCUT2D eigenvalue weighted by molar-refractivity contribution is 7.17. The normalized spacial score (nSPS) is 19.3. The number of likely N-dealkylation sites (N-methyl/N-ethyl adjacent to an activating group) is 1. The zero-order valence-corrected chi connectivity index (χ0v) is 19.0. The van der Waals surface area contributed by atoms with E-state index >= 15 is 0 Å². The Balaban J connectivity index is 1.31. The molecule has 0 amide bonds. The fraction of sp³-hybridized carbons (Fsp3) is 0.308. The molecule has 1 atom stereocenters. The molecule has 6 rings (SSSR count). The van der Waals surface area contributed by atoms with Gasteiger partial charge in [0.25, 0.3) is 0 Å². The van der Waals surface area contributed by atoms with Gasteiger partial charge in [-0.3, -0.25) is 0 Å². The molecule has 0 N–H and O–H groups in total. The number of hydrogen-bond acceptors (Lipinski definition) is 6. The summed E-state index contributed by atoms with van der Waals surface area (Å²) in [6, 6.07) is 20.1. The third-order valence-electron chi connectivity index (χ3n) is 6.61. The van der Waals surface area contributed by atoms with Crippen LogP contribution in [0.5, 0.6) is 0 Å². The van der Waals surface area contributed by atoms with Crippen LogP contribution in [0.25, 0.3) is 21.3 Å². The van der Waals surface area contributed by atoms with Gasteiger partial charge in [-0.25, -0.2) is 0 Å². The molecular weight excluding hydrogens is 416 g/mol. The van der Waals surface area contributed by atoms with Crippen molar-refractivity contribution in [1.82, 2.24) is 15.1 Å². The monoisotopic (exact) mass is 442 g/mol. The Bertz CT molecular complexity index is 1250. The van der Waals surface area contributed by atoms with Crippen LogP contribution in [0.2, 0.25) is 0 Å². The van der Waals surface area contributed by atoms with Crippen molar-refractivity contribution in [2.75, 3.05) is 44.8 Å². The maximum atomic E-state index is 5.44. The lowest BCUT2D eigenvalue weighted by atomic mass is 9.83. The van der Waals surface area contributed by atoms with Crippen LogP contribution < -0.4 is 4.90 Å². The van der Waals surface area contributed by atoms with Crippen molar-refractivity contribution < 1.29 is 4.74 Å². The molecule has 5 nitrogen and oxygen atoms in total. The molecule has 4 heterocycles. The molecular formula is C26H26N4OS. The van der Waals surface area contributed by atoms with Gasteiger partial charge in [0.05, 0.1) is 18.9 Å². The number of hydrogen-bond donors (Lipinski definition) is 0. The van der Waals surface area contributed by atoms with Crippen molar-refractivity contribution in [3.63, 3.8) is 0 Å². The van der Waals surface area contributed by atoms with E-state index in [0.717, 1.165) is 56.5 Å². The van der Waals surface area contributed by atoms with E-state index in [9.17, 15) is 0 Å². The SMILES string of the molecule is CN1Cc2cc(-c3ccc(N4CCOCC4)nn3)ccc2C(c2ccc3sccc3c2)C1. The van der Waals surface area contributed by atoms with Gasteiger partial charge in [0, 0.05) is 42.4 Å². The Hall–Kier alpha value is -2.80. The number of nitrogens with zero attached hydrogens (tertiary/aromatic N) is 4. The summed E-state index contributed by atoms with van der Waals surface area (Å²) in [5, 5.41) is 12.6. The summed E-state index contributed by atoms with van der Waals surface area (Å²) in [6.07, 6.45) is 0. The van der Waals surface area contributed by atoms with Gasteiger partial charge in [-0.05, 0) is 70.9 Å². The Morgan fingerprint density at radius 1 is 0.969 bits per heavy atom. The zero-order valence-electron chi connectivity index (χ0n) is 18.2. The summed E-state index contributed by atoms with van der Waals surface area (Å²) in [6.45, 7) is 5.25. The second-order valence-corrected chi connectivity index (χ2v) is 9.70. The summed E-state index contributed by atoms with van der Waals surface area (Å²) in [5.74, 6) is 1.32. The molecule has 6 heteroatoms. The van der Waals surface area contributed by atoms with E-state index in [2.05, 4.69) is 87.0 Å². The van der Waals surface area contributed by atoms with Crippen molar-refractivity contribution in [3.05, 3.63) is 76.7 Å². The molecule has 1 saturated heterocycles. The molecule has 4 aromatic rings. The third kappa shape index (κ3) is 3.68. The van der Waals surface area contributed by atoms with Crippen LogP contribution in [0.15, 0.2) is 60.0 Å². The third-order valence-corrected chi connectivity index (χ3v) is 7.51. The van der Waals surface area contributed by atoms with Crippen molar-refractivity contribution in [2.45, 2.75) is 12.5 Å². The zero-order chi connectivity index (χ0) is 21.5. The lowest BCUT2D eigenvalue weighted by Crippen LogP contribution is -2.36. The largest absolute Gasteiger partial charge is 0.378 e. The number of aromatic nitrogens is 2. The number of benzene rings is 2. The van der Waals surface area contributed by atoms with Gasteiger partial charge >= 0.3 is 0 Å². The van der Waals surface area contributed by atoms with Crippen molar-refractivity contribution in [3.8, 4) is 11.3 Å². The van der Waals surface area contributed by atoms with Crippen molar-refractivity contribution in [2.24, 2.45) is 0 Å². The second-order valence-electron chi connectivity index (χ2n) is 8.76. The quantitative estimate of drug-likeness (QED) is 0.457. The van der Waals surface area contributed by atoms with Crippen molar-refractivity contribution in [1.29, 1.82) is 0 Å². The summed E-state index contributed by atoms with van der Waals surface area (Å²) < 4.78 is 6.79. The Morgan fingerprint density at radius 3 is 2.72 bits per heavy atom. The van der Waals surface area contributed by atoms with Crippen LogP contribution in [-0.2, 0) is 11.3 Å². The molecule has 162 valence electrons. The van der Waals surface area contributed by atoms with Gasteiger partial charge in [-0.15, -0.1) is 21.5 Å². The van der Waals surface area contributed by atoms with Crippen LogP contribution in [0.1, 0.15) is 22.6 Å². The van der Waals surface area contributed by atoms with Gasteiger partial charge in [0.15, 0.2) is 5.82 Å². The molecule has 32 heavy (non-hydrogen) atoms. The van der Waals surface area contributed by atoms with Gasteiger partial charge in [-0.1, -0.05) is 18.2 Å².